The summed E-state index contributed by atoms with van der Waals surface area (Å²) in [5.74, 6) is 0. The van der Waals surface area contributed by atoms with Crippen LogP contribution in [0.4, 0.5) is 0 Å². The van der Waals surface area contributed by atoms with Crippen molar-refractivity contribution in [1.29, 1.82) is 10.5 Å². The predicted octanol–water partition coefficient (Wildman–Crippen LogP) is 1.99. The van der Waals surface area contributed by atoms with Gasteiger partial charge in [-0.1, -0.05) is 30.3 Å². The van der Waals surface area contributed by atoms with Crippen LogP contribution in [0, 0.1) is 22.7 Å². The zero-order chi connectivity index (χ0) is 9.68. The second kappa shape index (κ2) is 4.25. The second-order valence-corrected chi connectivity index (χ2v) is 2.70. The molecule has 0 atom stereocenters. The monoisotopic (exact) mass is 185 g/mol. The lowest BCUT2D eigenvalue weighted by Gasteiger charge is -2.11. The van der Waals surface area contributed by atoms with Crippen molar-refractivity contribution in [2.45, 2.75) is 0 Å². The minimum absolute atomic E-state index is 0.0128. The van der Waals surface area contributed by atoms with Crippen LogP contribution in [-0.2, 0) is 12.6 Å². The molecule has 0 spiro atoms. The summed E-state index contributed by atoms with van der Waals surface area (Å²) in [6, 6.07) is 12.6. The molecule has 1 aromatic rings. The molecule has 1 rings (SSSR count). The zero-order valence-corrected chi connectivity index (χ0v) is 7.51. The summed E-state index contributed by atoms with van der Waals surface area (Å²) in [4.78, 5) is 0.311. The predicted molar refractivity (Wildman–Crippen MR) is 52.0 cm³/mol. The fraction of sp³-hybridized carbons (Fsp3) is 0. The van der Waals surface area contributed by atoms with Crippen molar-refractivity contribution in [3.05, 3.63) is 41.5 Å². The highest BCUT2D eigenvalue weighted by Gasteiger charge is 1.94. The molecule has 0 N–H and O–H groups in total. The van der Waals surface area contributed by atoms with E-state index in [1.165, 1.54) is 0 Å². The number of allylic oxidation sites excluding steroid dienone is 1. The highest BCUT2D eigenvalue weighted by atomic mass is 32.1. The summed E-state index contributed by atoms with van der Waals surface area (Å²) >= 11 is 4.96. The lowest BCUT2D eigenvalue weighted by Crippen LogP contribution is -1.84. The van der Waals surface area contributed by atoms with E-state index in [1.807, 2.05) is 18.2 Å². The summed E-state index contributed by atoms with van der Waals surface area (Å²) in [6.45, 7) is 0. The maximum Gasteiger partial charge on any atom is 0.111 e. The molecule has 0 radical (unpaired) electrons. The van der Waals surface area contributed by atoms with Gasteiger partial charge in [0.2, 0.25) is 0 Å². The Kier molecular flexibility index (Phi) is 3.03. The van der Waals surface area contributed by atoms with E-state index in [0.717, 1.165) is 5.56 Å². The van der Waals surface area contributed by atoms with Gasteiger partial charge >= 0.3 is 0 Å². The van der Waals surface area contributed by atoms with Gasteiger partial charge in [-0.15, -0.1) is 4.91 Å². The molecule has 2 nitrogen and oxygen atoms in total. The fourth-order valence-electron chi connectivity index (χ4n) is 0.860. The van der Waals surface area contributed by atoms with E-state index in [-0.39, 0.29) is 5.57 Å². The molecule has 0 aliphatic heterocycles. The molecular weight excluding hydrogens is 180 g/mol. The maximum atomic E-state index is 8.56. The second-order valence-electron chi connectivity index (χ2n) is 2.29. The number of hydrogen-bond acceptors (Lipinski definition) is 3. The summed E-state index contributed by atoms with van der Waals surface area (Å²) in [5.41, 5.74) is 0.719. The first-order valence-electron chi connectivity index (χ1n) is 3.56. The Morgan fingerprint density at radius 2 is 1.62 bits per heavy atom. The minimum Gasteiger partial charge on any atom is -0.777 e. The first-order valence-corrected chi connectivity index (χ1v) is 3.97. The van der Waals surface area contributed by atoms with Crippen LogP contribution < -0.4 is 0 Å². The van der Waals surface area contributed by atoms with Crippen LogP contribution in [0.3, 0.4) is 0 Å². The molecular formula is C10H5N2S-. The molecule has 0 unspecified atom stereocenters. The first-order chi connectivity index (χ1) is 6.29. The Morgan fingerprint density at radius 1 is 1.08 bits per heavy atom. The molecule has 3 heteroatoms. The van der Waals surface area contributed by atoms with Crippen molar-refractivity contribution in [2.75, 3.05) is 0 Å². The van der Waals surface area contributed by atoms with Gasteiger partial charge in [0.15, 0.2) is 0 Å². The van der Waals surface area contributed by atoms with E-state index >= 15 is 0 Å². The Labute approximate surface area is 82.1 Å². The number of nitrogens with zero attached hydrogens (tertiary/aromatic N) is 2. The molecule has 0 bridgehead atoms. The van der Waals surface area contributed by atoms with Crippen molar-refractivity contribution < 1.29 is 0 Å². The van der Waals surface area contributed by atoms with Crippen molar-refractivity contribution in [3.8, 4) is 12.1 Å². The lowest BCUT2D eigenvalue weighted by atomic mass is 10.1. The number of rotatable bonds is 1. The Hall–Kier alpha value is -1.84. The van der Waals surface area contributed by atoms with E-state index < -0.39 is 0 Å². The first kappa shape index (κ1) is 9.25. The normalized spacial score (nSPS) is 8.15. The highest BCUT2D eigenvalue weighted by molar-refractivity contribution is 7.70. The summed E-state index contributed by atoms with van der Waals surface area (Å²) in [5, 5.41) is 17.1. The van der Waals surface area contributed by atoms with E-state index in [0.29, 0.717) is 4.91 Å². The molecule has 0 amide bonds. The smallest absolute Gasteiger partial charge is 0.111 e. The van der Waals surface area contributed by atoms with Crippen LogP contribution in [0.5, 0.6) is 0 Å². The molecule has 0 heterocycles. The number of nitriles is 2. The molecule has 0 aromatic heterocycles. The average molecular weight is 185 g/mol. The maximum absolute atomic E-state index is 8.56. The summed E-state index contributed by atoms with van der Waals surface area (Å²) in [6.07, 6.45) is 0. The van der Waals surface area contributed by atoms with E-state index in [4.69, 9.17) is 23.2 Å². The summed E-state index contributed by atoms with van der Waals surface area (Å²) < 4.78 is 0. The Morgan fingerprint density at radius 3 is 2.08 bits per heavy atom. The third kappa shape index (κ3) is 2.05. The lowest BCUT2D eigenvalue weighted by molar-refractivity contribution is 1.47. The summed E-state index contributed by atoms with van der Waals surface area (Å²) in [7, 11) is 0. The quantitative estimate of drug-likeness (QED) is 0.496. The van der Waals surface area contributed by atoms with Crippen molar-refractivity contribution in [1.82, 2.24) is 0 Å². The van der Waals surface area contributed by atoms with Crippen molar-refractivity contribution >= 4 is 17.5 Å². The third-order valence-corrected chi connectivity index (χ3v) is 1.93. The van der Waals surface area contributed by atoms with Gasteiger partial charge in [-0.05, 0) is 5.56 Å². The number of benzene rings is 1. The average Bonchev–Trinajstić information content (AvgIpc) is 2.21. The molecule has 0 saturated heterocycles. The topological polar surface area (TPSA) is 47.6 Å². The third-order valence-electron chi connectivity index (χ3n) is 1.49. The van der Waals surface area contributed by atoms with E-state index in [9.17, 15) is 0 Å². The van der Waals surface area contributed by atoms with Gasteiger partial charge in [0.05, 0.1) is 0 Å². The van der Waals surface area contributed by atoms with Gasteiger partial charge in [-0.3, -0.25) is 0 Å². The van der Waals surface area contributed by atoms with Gasteiger partial charge in [-0.2, -0.15) is 10.5 Å². The molecule has 13 heavy (non-hydrogen) atoms. The van der Waals surface area contributed by atoms with Gasteiger partial charge < -0.3 is 12.6 Å². The van der Waals surface area contributed by atoms with Crippen LogP contribution in [-0.4, -0.2) is 0 Å². The molecule has 0 saturated carbocycles. The molecule has 0 aliphatic carbocycles. The Balaban J connectivity index is 3.21. The van der Waals surface area contributed by atoms with Crippen LogP contribution in [0.15, 0.2) is 35.9 Å². The molecule has 62 valence electrons. The Bertz CT molecular complexity index is 391. The van der Waals surface area contributed by atoms with Gasteiger partial charge in [0.1, 0.15) is 17.7 Å². The van der Waals surface area contributed by atoms with Crippen LogP contribution in [0.2, 0.25) is 0 Å². The van der Waals surface area contributed by atoms with Gasteiger partial charge in [0.25, 0.3) is 0 Å². The van der Waals surface area contributed by atoms with Crippen LogP contribution in [0.1, 0.15) is 5.56 Å². The molecule has 0 aliphatic rings. The van der Waals surface area contributed by atoms with Crippen LogP contribution in [0.25, 0.3) is 4.91 Å². The zero-order valence-electron chi connectivity index (χ0n) is 6.69. The molecule has 0 fully saturated rings. The highest BCUT2D eigenvalue weighted by Crippen LogP contribution is 2.15. The number of hydrogen-bond donors (Lipinski definition) is 0. The van der Waals surface area contributed by atoms with Gasteiger partial charge in [-0.25, -0.2) is 0 Å². The van der Waals surface area contributed by atoms with E-state index in [1.54, 1.807) is 24.3 Å². The minimum atomic E-state index is -0.0128. The van der Waals surface area contributed by atoms with E-state index in [2.05, 4.69) is 0 Å². The van der Waals surface area contributed by atoms with Gasteiger partial charge in [0, 0.05) is 0 Å². The molecule has 1 aromatic carbocycles. The van der Waals surface area contributed by atoms with Crippen LogP contribution >= 0.6 is 0 Å². The SMILES string of the molecule is N#CC(C#N)=C([S-])c1ccccc1. The van der Waals surface area contributed by atoms with Crippen molar-refractivity contribution in [2.24, 2.45) is 0 Å². The fourth-order valence-corrected chi connectivity index (χ4v) is 1.09. The standard InChI is InChI=1S/C10H6N2S/c11-6-9(7-12)10(13)8-4-2-1-3-5-8/h1-5,13H/p-1. The van der Waals surface area contributed by atoms with Crippen molar-refractivity contribution in [3.63, 3.8) is 0 Å². The largest absolute Gasteiger partial charge is 0.777 e.